The van der Waals surface area contributed by atoms with Gasteiger partial charge < -0.3 is 10.1 Å². The van der Waals surface area contributed by atoms with Crippen molar-refractivity contribution in [3.8, 4) is 0 Å². The molecule has 0 radical (unpaired) electrons. The van der Waals surface area contributed by atoms with Crippen LogP contribution >= 0.6 is 0 Å². The number of nitrogens with one attached hydrogen (secondary N) is 1. The van der Waals surface area contributed by atoms with Gasteiger partial charge in [0.05, 0.1) is 12.6 Å². The molecule has 2 rings (SSSR count). The van der Waals surface area contributed by atoms with E-state index < -0.39 is 0 Å². The van der Waals surface area contributed by atoms with E-state index in [-0.39, 0.29) is 0 Å². The maximum Gasteiger partial charge on any atom is 0.109 e. The summed E-state index contributed by atoms with van der Waals surface area (Å²) in [5, 5.41) is 3.76. The lowest BCUT2D eigenvalue weighted by molar-refractivity contribution is 0.142. The minimum Gasteiger partial charge on any atom is -0.497 e. The van der Waals surface area contributed by atoms with Crippen LogP contribution in [0.1, 0.15) is 71.1 Å². The quantitative estimate of drug-likeness (QED) is 0.795. The molecule has 2 heteroatoms. The fourth-order valence-electron chi connectivity index (χ4n) is 3.41. The van der Waals surface area contributed by atoms with Crippen molar-refractivity contribution in [3.63, 3.8) is 0 Å². The summed E-state index contributed by atoms with van der Waals surface area (Å²) in [7, 11) is 0. The van der Waals surface area contributed by atoms with Gasteiger partial charge in [-0.15, -0.1) is 0 Å². The summed E-state index contributed by atoms with van der Waals surface area (Å²) in [6, 6.07) is 0.485. The molecule has 1 saturated carbocycles. The minimum atomic E-state index is 0.485. The van der Waals surface area contributed by atoms with E-state index in [1.807, 2.05) is 0 Å². The Morgan fingerprint density at radius 2 is 1.89 bits per heavy atom. The zero-order valence-corrected chi connectivity index (χ0v) is 12.6. The summed E-state index contributed by atoms with van der Waals surface area (Å²) >= 11 is 0. The molecule has 1 atom stereocenters. The SMILES string of the molecule is CCCNC(C1=CCCCO1)C1CCCCCCC1. The molecular weight excluding hydrogens is 234 g/mol. The molecule has 19 heavy (non-hydrogen) atoms. The Balaban J connectivity index is 1.99. The third kappa shape index (κ3) is 4.83. The van der Waals surface area contributed by atoms with Crippen molar-refractivity contribution in [2.75, 3.05) is 13.2 Å². The highest BCUT2D eigenvalue weighted by molar-refractivity contribution is 5.08. The van der Waals surface area contributed by atoms with Crippen LogP contribution in [-0.4, -0.2) is 19.2 Å². The molecule has 110 valence electrons. The van der Waals surface area contributed by atoms with Crippen molar-refractivity contribution in [2.24, 2.45) is 5.92 Å². The molecule has 1 N–H and O–H groups in total. The second-order valence-electron chi connectivity index (χ2n) is 6.13. The molecule has 1 aliphatic carbocycles. The summed E-state index contributed by atoms with van der Waals surface area (Å²) in [6.07, 6.45) is 15.8. The molecule has 0 amide bonds. The molecule has 0 aromatic heterocycles. The molecule has 1 heterocycles. The van der Waals surface area contributed by atoms with E-state index in [0.29, 0.717) is 6.04 Å². The Labute approximate surface area is 119 Å². The number of allylic oxidation sites excluding steroid dienone is 1. The Bertz CT molecular complexity index is 266. The van der Waals surface area contributed by atoms with Crippen LogP contribution in [0.4, 0.5) is 0 Å². The predicted octanol–water partition coefficient (Wildman–Crippen LogP) is 4.41. The summed E-state index contributed by atoms with van der Waals surface area (Å²) in [6.45, 7) is 4.28. The van der Waals surface area contributed by atoms with E-state index in [1.54, 1.807) is 0 Å². The van der Waals surface area contributed by atoms with Gasteiger partial charge in [0.1, 0.15) is 5.76 Å². The van der Waals surface area contributed by atoms with Crippen molar-refractivity contribution in [2.45, 2.75) is 77.2 Å². The van der Waals surface area contributed by atoms with Crippen LogP contribution in [0.5, 0.6) is 0 Å². The molecule has 0 saturated heterocycles. The highest BCUT2D eigenvalue weighted by Crippen LogP contribution is 2.29. The monoisotopic (exact) mass is 265 g/mol. The standard InChI is InChI=1S/C17H31NO/c1-2-13-18-17(16-12-8-9-14-19-16)15-10-6-4-3-5-7-11-15/h12,15,17-18H,2-11,13-14H2,1H3. The molecule has 0 spiro atoms. The molecule has 0 aromatic carbocycles. The number of ether oxygens (including phenoxy) is 1. The number of hydrogen-bond acceptors (Lipinski definition) is 2. The van der Waals surface area contributed by atoms with E-state index in [0.717, 1.165) is 19.1 Å². The smallest absolute Gasteiger partial charge is 0.109 e. The van der Waals surface area contributed by atoms with E-state index in [4.69, 9.17) is 4.74 Å². The van der Waals surface area contributed by atoms with Gasteiger partial charge in [-0.25, -0.2) is 0 Å². The van der Waals surface area contributed by atoms with Crippen molar-refractivity contribution in [3.05, 3.63) is 11.8 Å². The van der Waals surface area contributed by atoms with Crippen LogP contribution in [-0.2, 0) is 4.74 Å². The van der Waals surface area contributed by atoms with Crippen LogP contribution in [0.25, 0.3) is 0 Å². The van der Waals surface area contributed by atoms with Gasteiger partial charge in [0.15, 0.2) is 0 Å². The lowest BCUT2D eigenvalue weighted by atomic mass is 9.84. The molecular formula is C17H31NO. The molecule has 2 aliphatic rings. The fraction of sp³-hybridized carbons (Fsp3) is 0.882. The van der Waals surface area contributed by atoms with Gasteiger partial charge in [-0.3, -0.25) is 0 Å². The van der Waals surface area contributed by atoms with Gasteiger partial charge in [0.25, 0.3) is 0 Å². The second-order valence-corrected chi connectivity index (χ2v) is 6.13. The number of rotatable bonds is 5. The minimum absolute atomic E-state index is 0.485. The van der Waals surface area contributed by atoms with Gasteiger partial charge >= 0.3 is 0 Å². The molecule has 1 fully saturated rings. The van der Waals surface area contributed by atoms with Crippen molar-refractivity contribution < 1.29 is 4.74 Å². The Morgan fingerprint density at radius 1 is 1.16 bits per heavy atom. The topological polar surface area (TPSA) is 21.3 Å². The third-order valence-electron chi connectivity index (χ3n) is 4.50. The second kappa shape index (κ2) is 8.63. The molecule has 1 unspecified atom stereocenters. The molecule has 0 bridgehead atoms. The predicted molar refractivity (Wildman–Crippen MR) is 81.2 cm³/mol. The third-order valence-corrected chi connectivity index (χ3v) is 4.50. The van der Waals surface area contributed by atoms with Crippen molar-refractivity contribution >= 4 is 0 Å². The first-order valence-corrected chi connectivity index (χ1v) is 8.48. The zero-order chi connectivity index (χ0) is 13.3. The van der Waals surface area contributed by atoms with Crippen LogP contribution < -0.4 is 5.32 Å². The van der Waals surface area contributed by atoms with Crippen LogP contribution in [0.3, 0.4) is 0 Å². The van der Waals surface area contributed by atoms with Gasteiger partial charge in [-0.1, -0.05) is 39.0 Å². The van der Waals surface area contributed by atoms with Crippen molar-refractivity contribution in [1.29, 1.82) is 0 Å². The maximum atomic E-state index is 5.96. The van der Waals surface area contributed by atoms with E-state index in [2.05, 4.69) is 18.3 Å². The molecule has 1 aliphatic heterocycles. The normalized spacial score (nSPS) is 23.9. The van der Waals surface area contributed by atoms with Crippen LogP contribution in [0.2, 0.25) is 0 Å². The summed E-state index contributed by atoms with van der Waals surface area (Å²) < 4.78 is 5.96. The fourth-order valence-corrected chi connectivity index (χ4v) is 3.41. The van der Waals surface area contributed by atoms with Crippen LogP contribution in [0.15, 0.2) is 11.8 Å². The highest BCUT2D eigenvalue weighted by atomic mass is 16.5. The Morgan fingerprint density at radius 3 is 2.53 bits per heavy atom. The highest BCUT2D eigenvalue weighted by Gasteiger charge is 2.26. The average molecular weight is 265 g/mol. The largest absolute Gasteiger partial charge is 0.497 e. The lowest BCUT2D eigenvalue weighted by Crippen LogP contribution is -2.40. The van der Waals surface area contributed by atoms with Crippen molar-refractivity contribution in [1.82, 2.24) is 5.32 Å². The zero-order valence-electron chi connectivity index (χ0n) is 12.6. The van der Waals surface area contributed by atoms with Gasteiger partial charge in [-0.2, -0.15) is 0 Å². The van der Waals surface area contributed by atoms with E-state index in [9.17, 15) is 0 Å². The van der Waals surface area contributed by atoms with E-state index >= 15 is 0 Å². The first kappa shape index (κ1) is 14.9. The lowest BCUT2D eigenvalue weighted by Gasteiger charge is -2.32. The Kier molecular flexibility index (Phi) is 6.77. The number of hydrogen-bond donors (Lipinski definition) is 1. The van der Waals surface area contributed by atoms with E-state index in [1.165, 1.54) is 70.0 Å². The summed E-state index contributed by atoms with van der Waals surface area (Å²) in [4.78, 5) is 0. The summed E-state index contributed by atoms with van der Waals surface area (Å²) in [5.74, 6) is 2.04. The first-order chi connectivity index (χ1) is 9.42. The molecule has 0 aromatic rings. The average Bonchev–Trinajstić information content (AvgIpc) is 2.42. The maximum absolute atomic E-state index is 5.96. The van der Waals surface area contributed by atoms with Gasteiger partial charge in [0.2, 0.25) is 0 Å². The summed E-state index contributed by atoms with van der Waals surface area (Å²) in [5.41, 5.74) is 0. The Hall–Kier alpha value is -0.500. The van der Waals surface area contributed by atoms with Crippen LogP contribution in [0, 0.1) is 5.92 Å². The first-order valence-electron chi connectivity index (χ1n) is 8.48. The van der Waals surface area contributed by atoms with Gasteiger partial charge in [-0.05, 0) is 50.6 Å². The van der Waals surface area contributed by atoms with Gasteiger partial charge in [0, 0.05) is 0 Å². The molecule has 2 nitrogen and oxygen atoms in total.